The average Bonchev–Trinajstić information content (AvgIpc) is 2.38. The highest BCUT2D eigenvalue weighted by molar-refractivity contribution is 7.99. The van der Waals surface area contributed by atoms with Gasteiger partial charge in [-0.3, -0.25) is 4.79 Å². The molecule has 0 saturated carbocycles. The highest BCUT2D eigenvalue weighted by Crippen LogP contribution is 2.17. The molecular weight excluding hydrogens is 262 g/mol. The SMILES string of the molecule is CCNC(C)(CCCCSCCOC)C(=O)OCC. The number of thioether (sulfide) groups is 1. The summed E-state index contributed by atoms with van der Waals surface area (Å²) < 4.78 is 10.1. The second-order valence-corrected chi connectivity index (χ2v) is 5.87. The molecule has 5 heteroatoms. The minimum absolute atomic E-state index is 0.135. The predicted molar refractivity (Wildman–Crippen MR) is 81.8 cm³/mol. The Balaban J connectivity index is 3.90. The van der Waals surface area contributed by atoms with Gasteiger partial charge in [-0.05, 0) is 39.0 Å². The van der Waals surface area contributed by atoms with Gasteiger partial charge in [0.15, 0.2) is 0 Å². The highest BCUT2D eigenvalue weighted by atomic mass is 32.2. The van der Waals surface area contributed by atoms with E-state index in [2.05, 4.69) is 5.32 Å². The van der Waals surface area contributed by atoms with Gasteiger partial charge in [-0.1, -0.05) is 13.3 Å². The van der Waals surface area contributed by atoms with Gasteiger partial charge >= 0.3 is 5.97 Å². The molecule has 0 aromatic heterocycles. The Morgan fingerprint density at radius 3 is 2.58 bits per heavy atom. The lowest BCUT2D eigenvalue weighted by Crippen LogP contribution is -2.50. The fraction of sp³-hybridized carbons (Fsp3) is 0.929. The second-order valence-electron chi connectivity index (χ2n) is 4.65. The topological polar surface area (TPSA) is 47.6 Å². The third kappa shape index (κ3) is 8.50. The molecule has 1 unspecified atom stereocenters. The van der Waals surface area contributed by atoms with Gasteiger partial charge < -0.3 is 14.8 Å². The van der Waals surface area contributed by atoms with E-state index in [9.17, 15) is 4.79 Å². The van der Waals surface area contributed by atoms with Crippen molar-refractivity contribution in [2.24, 2.45) is 0 Å². The molecule has 0 radical (unpaired) electrons. The van der Waals surface area contributed by atoms with Gasteiger partial charge in [0.2, 0.25) is 0 Å². The Labute approximate surface area is 122 Å². The first-order valence-corrected chi connectivity index (χ1v) is 8.25. The standard InChI is InChI=1S/C14H29NO3S/c1-5-15-14(3,13(16)18-6-2)9-7-8-11-19-12-10-17-4/h15H,5-12H2,1-4H3. The number of ether oxygens (including phenoxy) is 2. The molecule has 0 aliphatic heterocycles. The molecule has 19 heavy (non-hydrogen) atoms. The van der Waals surface area contributed by atoms with Crippen LogP contribution in [0.15, 0.2) is 0 Å². The fourth-order valence-electron chi connectivity index (χ4n) is 1.87. The van der Waals surface area contributed by atoms with Crippen LogP contribution in [0.3, 0.4) is 0 Å². The van der Waals surface area contributed by atoms with Crippen molar-refractivity contribution in [1.29, 1.82) is 0 Å². The summed E-state index contributed by atoms with van der Waals surface area (Å²) in [6, 6.07) is 0. The van der Waals surface area contributed by atoms with Gasteiger partial charge in [-0.15, -0.1) is 0 Å². The lowest BCUT2D eigenvalue weighted by Gasteiger charge is -2.28. The molecule has 4 nitrogen and oxygen atoms in total. The van der Waals surface area contributed by atoms with Gasteiger partial charge in [0, 0.05) is 12.9 Å². The quantitative estimate of drug-likeness (QED) is 0.442. The first-order chi connectivity index (χ1) is 9.10. The van der Waals surface area contributed by atoms with Crippen molar-refractivity contribution in [3.8, 4) is 0 Å². The number of carbonyl (C=O) groups is 1. The summed E-state index contributed by atoms with van der Waals surface area (Å²) in [6.45, 7) is 7.81. The van der Waals surface area contributed by atoms with Crippen LogP contribution in [0, 0.1) is 0 Å². The zero-order valence-corrected chi connectivity index (χ0v) is 13.6. The number of hydrogen-bond acceptors (Lipinski definition) is 5. The third-order valence-corrected chi connectivity index (χ3v) is 3.97. The molecule has 0 aliphatic carbocycles. The van der Waals surface area contributed by atoms with Crippen LogP contribution in [0.1, 0.15) is 40.0 Å². The van der Waals surface area contributed by atoms with Crippen LogP contribution in [0.25, 0.3) is 0 Å². The van der Waals surface area contributed by atoms with Crippen LogP contribution in [-0.2, 0) is 14.3 Å². The zero-order chi connectivity index (χ0) is 14.6. The smallest absolute Gasteiger partial charge is 0.326 e. The maximum atomic E-state index is 12.0. The number of rotatable bonds is 12. The molecule has 114 valence electrons. The van der Waals surface area contributed by atoms with E-state index in [0.717, 1.165) is 43.9 Å². The largest absolute Gasteiger partial charge is 0.465 e. The Hall–Kier alpha value is -0.260. The molecule has 0 aromatic carbocycles. The van der Waals surface area contributed by atoms with Crippen LogP contribution < -0.4 is 5.32 Å². The predicted octanol–water partition coefficient (Wildman–Crippen LogP) is 2.47. The van der Waals surface area contributed by atoms with Crippen molar-refractivity contribution in [3.05, 3.63) is 0 Å². The lowest BCUT2D eigenvalue weighted by molar-refractivity contribution is -0.150. The molecule has 0 bridgehead atoms. The summed E-state index contributed by atoms with van der Waals surface area (Å²) in [7, 11) is 1.72. The van der Waals surface area contributed by atoms with Crippen LogP contribution in [0.4, 0.5) is 0 Å². The number of carbonyl (C=O) groups excluding carboxylic acids is 1. The summed E-state index contributed by atoms with van der Waals surface area (Å²) in [5, 5.41) is 3.25. The Kier molecular flexibility index (Phi) is 11.4. The molecule has 0 saturated heterocycles. The van der Waals surface area contributed by atoms with E-state index < -0.39 is 5.54 Å². The maximum Gasteiger partial charge on any atom is 0.326 e. The maximum absolute atomic E-state index is 12.0. The molecule has 1 N–H and O–H groups in total. The first kappa shape index (κ1) is 18.7. The summed E-state index contributed by atoms with van der Waals surface area (Å²) in [5.74, 6) is 2.02. The van der Waals surface area contributed by atoms with Crippen molar-refractivity contribution >= 4 is 17.7 Å². The van der Waals surface area contributed by atoms with Gasteiger partial charge in [-0.25, -0.2) is 0 Å². The van der Waals surface area contributed by atoms with E-state index >= 15 is 0 Å². The molecule has 1 atom stereocenters. The minimum Gasteiger partial charge on any atom is -0.465 e. The van der Waals surface area contributed by atoms with Crippen LogP contribution in [-0.4, -0.2) is 49.9 Å². The van der Waals surface area contributed by atoms with E-state index in [1.165, 1.54) is 0 Å². The third-order valence-electron chi connectivity index (χ3n) is 2.94. The molecule has 0 aliphatic rings. The van der Waals surface area contributed by atoms with Gasteiger partial charge in [0.05, 0.1) is 13.2 Å². The van der Waals surface area contributed by atoms with Crippen molar-refractivity contribution in [2.45, 2.75) is 45.6 Å². The van der Waals surface area contributed by atoms with Gasteiger partial charge in [0.25, 0.3) is 0 Å². The van der Waals surface area contributed by atoms with Gasteiger partial charge in [0.1, 0.15) is 5.54 Å². The average molecular weight is 291 g/mol. The van der Waals surface area contributed by atoms with E-state index in [-0.39, 0.29) is 5.97 Å². The molecular formula is C14H29NO3S. The fourth-order valence-corrected chi connectivity index (χ4v) is 2.77. The highest BCUT2D eigenvalue weighted by Gasteiger charge is 2.32. The van der Waals surface area contributed by atoms with E-state index in [1.54, 1.807) is 7.11 Å². The van der Waals surface area contributed by atoms with E-state index in [4.69, 9.17) is 9.47 Å². The van der Waals surface area contributed by atoms with Crippen LogP contribution in [0.2, 0.25) is 0 Å². The Bertz CT molecular complexity index is 239. The molecule has 0 spiro atoms. The van der Waals surface area contributed by atoms with Crippen molar-refractivity contribution < 1.29 is 14.3 Å². The number of methoxy groups -OCH3 is 1. The normalized spacial score (nSPS) is 14.1. The summed E-state index contributed by atoms with van der Waals surface area (Å²) in [6.07, 6.45) is 2.97. The number of nitrogens with one attached hydrogen (secondary N) is 1. The Morgan fingerprint density at radius 1 is 1.26 bits per heavy atom. The summed E-state index contributed by atoms with van der Waals surface area (Å²) >= 11 is 1.90. The number of esters is 1. The monoisotopic (exact) mass is 291 g/mol. The van der Waals surface area contributed by atoms with Crippen molar-refractivity contribution in [3.63, 3.8) is 0 Å². The molecule has 0 heterocycles. The second kappa shape index (κ2) is 11.6. The van der Waals surface area contributed by atoms with Crippen LogP contribution >= 0.6 is 11.8 Å². The van der Waals surface area contributed by atoms with E-state index in [1.807, 2.05) is 32.5 Å². The Morgan fingerprint density at radius 2 is 2.00 bits per heavy atom. The van der Waals surface area contributed by atoms with Crippen molar-refractivity contribution in [2.75, 3.05) is 38.4 Å². The number of hydrogen-bond donors (Lipinski definition) is 1. The van der Waals surface area contributed by atoms with Crippen LogP contribution in [0.5, 0.6) is 0 Å². The molecule has 0 aromatic rings. The number of unbranched alkanes of at least 4 members (excludes halogenated alkanes) is 1. The minimum atomic E-state index is -0.540. The molecule has 0 fully saturated rings. The van der Waals surface area contributed by atoms with E-state index in [0.29, 0.717) is 6.61 Å². The molecule has 0 rings (SSSR count). The first-order valence-electron chi connectivity index (χ1n) is 7.09. The summed E-state index contributed by atoms with van der Waals surface area (Å²) in [5.41, 5.74) is -0.540. The van der Waals surface area contributed by atoms with Crippen molar-refractivity contribution in [1.82, 2.24) is 5.32 Å². The lowest BCUT2D eigenvalue weighted by atomic mass is 9.95. The summed E-state index contributed by atoms with van der Waals surface area (Å²) in [4.78, 5) is 12.0. The van der Waals surface area contributed by atoms with Gasteiger partial charge in [-0.2, -0.15) is 11.8 Å². The molecule has 0 amide bonds. The zero-order valence-electron chi connectivity index (χ0n) is 12.8. The number of likely N-dealkylation sites (N-methyl/N-ethyl adjacent to an activating group) is 1.